The lowest BCUT2D eigenvalue weighted by molar-refractivity contribution is 0.0715. The Morgan fingerprint density at radius 1 is 1.20 bits per heavy atom. The van der Waals surface area contributed by atoms with Gasteiger partial charge in [0.15, 0.2) is 5.69 Å². The fraction of sp³-hybridized carbons (Fsp3) is 0.333. The van der Waals surface area contributed by atoms with Crippen molar-refractivity contribution in [2.24, 2.45) is 0 Å². The Labute approximate surface area is 176 Å². The van der Waals surface area contributed by atoms with E-state index in [2.05, 4.69) is 10.3 Å². The molecule has 1 aromatic carbocycles. The van der Waals surface area contributed by atoms with E-state index in [1.54, 1.807) is 27.4 Å². The van der Waals surface area contributed by atoms with Crippen LogP contribution in [0.5, 0.6) is 0 Å². The monoisotopic (exact) mass is 425 g/mol. The van der Waals surface area contributed by atoms with E-state index in [-0.39, 0.29) is 36.5 Å². The Bertz CT molecular complexity index is 1080. The number of para-hydroxylation sites is 1. The van der Waals surface area contributed by atoms with E-state index >= 15 is 0 Å². The SMILES string of the molecule is O=C(c1cn(C[C@@H]2C[C@H](F)CN2C(=O)c2ccsc2)nn1)N1CCc2ccccc21. The summed E-state index contributed by atoms with van der Waals surface area (Å²) in [6, 6.07) is 9.24. The fourth-order valence-corrected chi connectivity index (χ4v) is 4.85. The molecule has 0 saturated carbocycles. The van der Waals surface area contributed by atoms with Gasteiger partial charge in [0, 0.05) is 24.0 Å². The maximum Gasteiger partial charge on any atom is 0.280 e. The van der Waals surface area contributed by atoms with Gasteiger partial charge in [0.05, 0.1) is 30.9 Å². The molecule has 2 aliphatic heterocycles. The van der Waals surface area contributed by atoms with Crippen LogP contribution in [0.25, 0.3) is 0 Å². The Morgan fingerprint density at radius 2 is 2.07 bits per heavy atom. The summed E-state index contributed by atoms with van der Waals surface area (Å²) in [5, 5.41) is 11.7. The first kappa shape index (κ1) is 18.9. The van der Waals surface area contributed by atoms with Gasteiger partial charge in [-0.25, -0.2) is 9.07 Å². The molecule has 1 saturated heterocycles. The van der Waals surface area contributed by atoms with Crippen LogP contribution in [0.15, 0.2) is 47.3 Å². The molecule has 7 nitrogen and oxygen atoms in total. The van der Waals surface area contributed by atoms with Crippen molar-refractivity contribution in [3.8, 4) is 0 Å². The Kier molecular flexibility index (Phi) is 4.82. The number of aromatic nitrogens is 3. The highest BCUT2D eigenvalue weighted by atomic mass is 32.1. The van der Waals surface area contributed by atoms with Gasteiger partial charge in [0.1, 0.15) is 6.17 Å². The first-order valence-electron chi connectivity index (χ1n) is 9.87. The summed E-state index contributed by atoms with van der Waals surface area (Å²) in [5.74, 6) is -0.376. The molecule has 0 unspecified atom stereocenters. The molecule has 2 aromatic heterocycles. The van der Waals surface area contributed by atoms with Crippen LogP contribution < -0.4 is 4.90 Å². The molecule has 0 aliphatic carbocycles. The lowest BCUT2D eigenvalue weighted by atomic mass is 10.2. The number of alkyl halides is 1. The van der Waals surface area contributed by atoms with Crippen LogP contribution in [0.4, 0.5) is 10.1 Å². The molecule has 0 N–H and O–H groups in total. The third-order valence-electron chi connectivity index (χ3n) is 5.68. The van der Waals surface area contributed by atoms with E-state index < -0.39 is 6.17 Å². The van der Waals surface area contributed by atoms with Gasteiger partial charge in [0.2, 0.25) is 0 Å². The molecule has 1 fully saturated rings. The number of likely N-dealkylation sites (tertiary alicyclic amines) is 1. The van der Waals surface area contributed by atoms with Gasteiger partial charge < -0.3 is 9.80 Å². The molecule has 4 heterocycles. The zero-order chi connectivity index (χ0) is 20.7. The summed E-state index contributed by atoms with van der Waals surface area (Å²) in [6.45, 7) is 0.984. The molecule has 0 spiro atoms. The van der Waals surface area contributed by atoms with E-state index in [4.69, 9.17) is 0 Å². The summed E-state index contributed by atoms with van der Waals surface area (Å²) >= 11 is 1.44. The first-order valence-corrected chi connectivity index (χ1v) is 10.8. The number of hydrogen-bond donors (Lipinski definition) is 0. The minimum absolute atomic E-state index is 0.0738. The van der Waals surface area contributed by atoms with E-state index in [0.29, 0.717) is 18.7 Å². The van der Waals surface area contributed by atoms with Crippen molar-refractivity contribution < 1.29 is 14.0 Å². The van der Waals surface area contributed by atoms with Crippen molar-refractivity contribution in [2.75, 3.05) is 18.0 Å². The average Bonchev–Trinajstić information content (AvgIpc) is 3.54. The smallest absolute Gasteiger partial charge is 0.280 e. The van der Waals surface area contributed by atoms with Gasteiger partial charge in [-0.2, -0.15) is 11.3 Å². The molecule has 2 aliphatic rings. The highest BCUT2D eigenvalue weighted by Crippen LogP contribution is 2.29. The molecule has 0 radical (unpaired) electrons. The normalized spacial score (nSPS) is 20.6. The van der Waals surface area contributed by atoms with Crippen molar-refractivity contribution >= 4 is 28.8 Å². The quantitative estimate of drug-likeness (QED) is 0.645. The summed E-state index contributed by atoms with van der Waals surface area (Å²) in [7, 11) is 0. The number of hydrogen-bond acceptors (Lipinski definition) is 5. The summed E-state index contributed by atoms with van der Waals surface area (Å²) in [6.07, 6.45) is 1.58. The molecular formula is C21H20FN5O2S. The number of amides is 2. The van der Waals surface area contributed by atoms with Gasteiger partial charge in [-0.3, -0.25) is 9.59 Å². The fourth-order valence-electron chi connectivity index (χ4n) is 4.22. The minimum Gasteiger partial charge on any atom is -0.331 e. The lowest BCUT2D eigenvalue weighted by Gasteiger charge is -2.23. The maximum absolute atomic E-state index is 14.1. The van der Waals surface area contributed by atoms with E-state index in [1.807, 2.05) is 29.6 Å². The number of halogens is 1. The number of thiophene rings is 1. The number of nitrogens with zero attached hydrogens (tertiary/aromatic N) is 5. The summed E-state index contributed by atoms with van der Waals surface area (Å²) in [4.78, 5) is 28.9. The number of anilines is 1. The minimum atomic E-state index is -1.07. The van der Waals surface area contributed by atoms with E-state index in [0.717, 1.165) is 17.7 Å². The standard InChI is InChI=1S/C21H20FN5O2S/c22-16-9-17(27(10-16)20(28)15-6-8-30-13-15)11-25-12-18(23-24-25)21(29)26-7-5-14-3-1-2-4-19(14)26/h1-4,6,8,12-13,16-17H,5,7,9-11H2/t16-,17-/m0/s1. The molecule has 0 bridgehead atoms. The number of carbonyl (C=O) groups excluding carboxylic acids is 2. The van der Waals surface area contributed by atoms with Crippen LogP contribution in [-0.2, 0) is 13.0 Å². The van der Waals surface area contributed by atoms with Gasteiger partial charge in [-0.05, 0) is 29.5 Å². The zero-order valence-corrected chi connectivity index (χ0v) is 17.0. The number of carbonyl (C=O) groups is 2. The molecule has 2 atom stereocenters. The number of rotatable bonds is 4. The Hall–Kier alpha value is -3.07. The highest BCUT2D eigenvalue weighted by molar-refractivity contribution is 7.08. The Morgan fingerprint density at radius 3 is 2.90 bits per heavy atom. The Balaban J connectivity index is 1.31. The number of fused-ring (bicyclic) bond motifs is 1. The second kappa shape index (κ2) is 7.64. The van der Waals surface area contributed by atoms with E-state index in [1.165, 1.54) is 16.0 Å². The maximum atomic E-state index is 14.1. The van der Waals surface area contributed by atoms with Crippen LogP contribution in [0.1, 0.15) is 32.8 Å². The molecule has 154 valence electrons. The molecule has 9 heteroatoms. The second-order valence-corrected chi connectivity index (χ2v) is 8.40. The van der Waals surface area contributed by atoms with Crippen LogP contribution in [0, 0.1) is 0 Å². The van der Waals surface area contributed by atoms with E-state index in [9.17, 15) is 14.0 Å². The van der Waals surface area contributed by atoms with Crippen LogP contribution in [0.3, 0.4) is 0 Å². The predicted octanol–water partition coefficient (Wildman–Crippen LogP) is 2.80. The summed E-state index contributed by atoms with van der Waals surface area (Å²) in [5.41, 5.74) is 2.86. The summed E-state index contributed by atoms with van der Waals surface area (Å²) < 4.78 is 15.6. The third kappa shape index (κ3) is 3.39. The van der Waals surface area contributed by atoms with Crippen molar-refractivity contribution in [2.45, 2.75) is 31.6 Å². The van der Waals surface area contributed by atoms with Gasteiger partial charge in [-0.1, -0.05) is 23.4 Å². The van der Waals surface area contributed by atoms with Gasteiger partial charge in [0.25, 0.3) is 11.8 Å². The largest absolute Gasteiger partial charge is 0.331 e. The van der Waals surface area contributed by atoms with Crippen LogP contribution >= 0.6 is 11.3 Å². The number of benzene rings is 1. The van der Waals surface area contributed by atoms with Crippen molar-refractivity contribution in [1.29, 1.82) is 0 Å². The van der Waals surface area contributed by atoms with Crippen molar-refractivity contribution in [3.05, 3.63) is 64.1 Å². The van der Waals surface area contributed by atoms with Crippen molar-refractivity contribution in [3.63, 3.8) is 0 Å². The predicted molar refractivity (Wildman–Crippen MR) is 111 cm³/mol. The second-order valence-electron chi connectivity index (χ2n) is 7.62. The first-order chi connectivity index (χ1) is 14.6. The highest BCUT2D eigenvalue weighted by Gasteiger charge is 2.36. The van der Waals surface area contributed by atoms with Crippen molar-refractivity contribution in [1.82, 2.24) is 19.9 Å². The van der Waals surface area contributed by atoms with Crippen LogP contribution in [0.2, 0.25) is 0 Å². The van der Waals surface area contributed by atoms with Gasteiger partial charge in [-0.15, -0.1) is 5.10 Å². The molecule has 2 amide bonds. The lowest BCUT2D eigenvalue weighted by Crippen LogP contribution is -2.38. The van der Waals surface area contributed by atoms with Crippen LogP contribution in [-0.4, -0.2) is 57.0 Å². The van der Waals surface area contributed by atoms with Gasteiger partial charge >= 0.3 is 0 Å². The molecular weight excluding hydrogens is 405 g/mol. The topological polar surface area (TPSA) is 71.3 Å². The molecule has 30 heavy (non-hydrogen) atoms. The zero-order valence-electron chi connectivity index (χ0n) is 16.1. The average molecular weight is 425 g/mol. The molecule has 5 rings (SSSR count). The third-order valence-corrected chi connectivity index (χ3v) is 6.36. The molecule has 3 aromatic rings.